The van der Waals surface area contributed by atoms with Gasteiger partial charge in [0.25, 0.3) is 0 Å². The zero-order valence-corrected chi connectivity index (χ0v) is 17.8. The number of ether oxygens (including phenoxy) is 1. The van der Waals surface area contributed by atoms with E-state index in [2.05, 4.69) is 56.5 Å². The van der Waals surface area contributed by atoms with Crippen molar-refractivity contribution in [1.82, 2.24) is 14.3 Å². The van der Waals surface area contributed by atoms with E-state index in [4.69, 9.17) is 4.74 Å². The number of benzene rings is 3. The third-order valence-electron chi connectivity index (χ3n) is 5.54. The number of fused-ring (bicyclic) bond motifs is 1. The zero-order valence-electron chi connectivity index (χ0n) is 17.0. The van der Waals surface area contributed by atoms with Crippen molar-refractivity contribution < 1.29 is 4.74 Å². The highest BCUT2D eigenvalue weighted by atomic mass is 32.1. The molecule has 0 unspecified atom stereocenters. The minimum atomic E-state index is 0.423. The highest BCUT2D eigenvalue weighted by Gasteiger charge is 2.16. The smallest absolute Gasteiger partial charge is 0.173 e. The first-order valence-corrected chi connectivity index (χ1v) is 11.0. The van der Waals surface area contributed by atoms with Gasteiger partial charge in [0.2, 0.25) is 0 Å². The topological polar surface area (TPSA) is 41.5 Å². The Morgan fingerprint density at radius 2 is 1.77 bits per heavy atom. The Labute approximate surface area is 180 Å². The molecule has 0 radical (unpaired) electrons. The van der Waals surface area contributed by atoms with Gasteiger partial charge in [-0.2, -0.15) is 4.37 Å². The van der Waals surface area contributed by atoms with Gasteiger partial charge in [0.15, 0.2) is 10.8 Å². The average molecular weight is 417 g/mol. The van der Waals surface area contributed by atoms with Crippen molar-refractivity contribution in [2.24, 2.45) is 0 Å². The summed E-state index contributed by atoms with van der Waals surface area (Å²) >= 11 is 1.39. The molecule has 152 valence electrons. The molecule has 0 bridgehead atoms. The fourth-order valence-corrected chi connectivity index (χ4v) is 4.39. The van der Waals surface area contributed by atoms with Gasteiger partial charge in [-0.15, -0.1) is 0 Å². The molecular formula is C24H24N4OS. The Balaban J connectivity index is 1.34. The van der Waals surface area contributed by atoms with E-state index in [1.54, 1.807) is 0 Å². The van der Waals surface area contributed by atoms with Gasteiger partial charge in [-0.1, -0.05) is 48.5 Å². The van der Waals surface area contributed by atoms with Crippen molar-refractivity contribution in [2.75, 3.05) is 38.1 Å². The third-order valence-corrected chi connectivity index (χ3v) is 6.22. The molecule has 1 aromatic heterocycles. The number of piperazine rings is 1. The van der Waals surface area contributed by atoms with Crippen LogP contribution in [0.15, 0.2) is 66.7 Å². The lowest BCUT2D eigenvalue weighted by Gasteiger charge is -2.34. The van der Waals surface area contributed by atoms with Crippen molar-refractivity contribution in [3.05, 3.63) is 71.7 Å². The van der Waals surface area contributed by atoms with Gasteiger partial charge in [0.05, 0.1) is 0 Å². The van der Waals surface area contributed by atoms with Gasteiger partial charge in [-0.3, -0.25) is 0 Å². The van der Waals surface area contributed by atoms with Gasteiger partial charge in [0, 0.05) is 42.8 Å². The normalized spacial score (nSPS) is 14.9. The van der Waals surface area contributed by atoms with Crippen molar-refractivity contribution >= 4 is 28.0 Å². The summed E-state index contributed by atoms with van der Waals surface area (Å²) in [7, 11) is 2.18. The van der Waals surface area contributed by atoms with Crippen molar-refractivity contribution in [3.63, 3.8) is 0 Å². The van der Waals surface area contributed by atoms with Gasteiger partial charge in [-0.05, 0) is 42.2 Å². The van der Waals surface area contributed by atoms with Crippen LogP contribution in [0.1, 0.15) is 5.01 Å². The van der Waals surface area contributed by atoms with E-state index < -0.39 is 0 Å². The largest absolute Gasteiger partial charge is 0.486 e. The molecule has 2 heterocycles. The summed E-state index contributed by atoms with van der Waals surface area (Å²) < 4.78 is 10.6. The Morgan fingerprint density at radius 1 is 0.933 bits per heavy atom. The van der Waals surface area contributed by atoms with Crippen LogP contribution < -0.4 is 9.64 Å². The van der Waals surface area contributed by atoms with E-state index in [-0.39, 0.29) is 0 Å². The number of hydrogen-bond donors (Lipinski definition) is 0. The second-order valence-corrected chi connectivity index (χ2v) is 8.45. The summed E-state index contributed by atoms with van der Waals surface area (Å²) in [5, 5.41) is 3.35. The van der Waals surface area contributed by atoms with E-state index in [0.717, 1.165) is 48.3 Å². The number of likely N-dealkylation sites (N-methyl/N-ethyl adjacent to an activating group) is 1. The second kappa shape index (κ2) is 8.42. The average Bonchev–Trinajstić information content (AvgIpc) is 3.28. The molecule has 0 saturated carbocycles. The van der Waals surface area contributed by atoms with Gasteiger partial charge >= 0.3 is 0 Å². The maximum Gasteiger partial charge on any atom is 0.173 e. The minimum absolute atomic E-state index is 0.423. The van der Waals surface area contributed by atoms with Crippen LogP contribution in [-0.4, -0.2) is 47.5 Å². The number of nitrogens with zero attached hydrogens (tertiary/aromatic N) is 4. The van der Waals surface area contributed by atoms with Crippen LogP contribution in [0.25, 0.3) is 22.2 Å². The molecular weight excluding hydrogens is 392 g/mol. The van der Waals surface area contributed by atoms with Gasteiger partial charge in [0.1, 0.15) is 12.4 Å². The first-order valence-electron chi connectivity index (χ1n) is 10.2. The molecule has 1 aliphatic heterocycles. The van der Waals surface area contributed by atoms with Crippen molar-refractivity contribution in [3.8, 4) is 17.1 Å². The molecule has 4 aromatic rings. The Bertz CT molecular complexity index is 1140. The fraction of sp³-hybridized carbons (Fsp3) is 0.250. The molecule has 1 aliphatic rings. The Hall–Kier alpha value is -2.96. The summed E-state index contributed by atoms with van der Waals surface area (Å²) in [6, 6.07) is 22.9. The molecule has 1 saturated heterocycles. The Morgan fingerprint density at radius 3 is 2.60 bits per heavy atom. The van der Waals surface area contributed by atoms with Crippen LogP contribution in [-0.2, 0) is 6.61 Å². The predicted molar refractivity (Wildman–Crippen MR) is 123 cm³/mol. The molecule has 6 heteroatoms. The molecule has 0 atom stereocenters. The van der Waals surface area contributed by atoms with E-state index in [1.165, 1.54) is 28.0 Å². The van der Waals surface area contributed by atoms with Crippen LogP contribution in [0.2, 0.25) is 0 Å². The third kappa shape index (κ3) is 4.01. The summed E-state index contributed by atoms with van der Waals surface area (Å²) in [6.45, 7) is 4.70. The summed E-state index contributed by atoms with van der Waals surface area (Å²) in [4.78, 5) is 9.48. The molecule has 0 N–H and O–H groups in total. The fourth-order valence-electron chi connectivity index (χ4n) is 3.81. The quantitative estimate of drug-likeness (QED) is 0.472. The van der Waals surface area contributed by atoms with Crippen molar-refractivity contribution in [1.29, 1.82) is 0 Å². The van der Waals surface area contributed by atoms with Crippen LogP contribution in [0.5, 0.6) is 5.75 Å². The molecule has 5 rings (SSSR count). The van der Waals surface area contributed by atoms with E-state index in [9.17, 15) is 0 Å². The summed E-state index contributed by atoms with van der Waals surface area (Å²) in [5.41, 5.74) is 2.32. The van der Waals surface area contributed by atoms with E-state index in [0.29, 0.717) is 6.61 Å². The van der Waals surface area contributed by atoms with Gasteiger partial charge < -0.3 is 14.5 Å². The summed E-state index contributed by atoms with van der Waals surface area (Å²) in [6.07, 6.45) is 0. The maximum atomic E-state index is 6.09. The maximum absolute atomic E-state index is 6.09. The monoisotopic (exact) mass is 416 g/mol. The molecule has 0 amide bonds. The molecule has 1 fully saturated rings. The lowest BCUT2D eigenvalue weighted by Crippen LogP contribution is -2.44. The standard InChI is InChI=1S/C24H24N4OS/c1-27-12-14-28(15-13-27)22-9-5-8-18-10-11-20(16-21(18)22)29-17-23-25-24(26-30-23)19-6-3-2-4-7-19/h2-11,16H,12-15,17H2,1H3. The number of hydrogen-bond acceptors (Lipinski definition) is 6. The SMILES string of the molecule is CN1CCN(c2cccc3ccc(OCc4nc(-c5ccccc5)ns4)cc23)CC1. The first-order chi connectivity index (χ1) is 14.8. The summed E-state index contributed by atoms with van der Waals surface area (Å²) in [5.74, 6) is 1.62. The molecule has 30 heavy (non-hydrogen) atoms. The number of aromatic nitrogens is 2. The molecule has 5 nitrogen and oxygen atoms in total. The van der Waals surface area contributed by atoms with Gasteiger partial charge in [-0.25, -0.2) is 4.98 Å². The van der Waals surface area contributed by atoms with E-state index in [1.807, 2.05) is 36.4 Å². The van der Waals surface area contributed by atoms with Crippen LogP contribution >= 0.6 is 11.5 Å². The lowest BCUT2D eigenvalue weighted by atomic mass is 10.1. The van der Waals surface area contributed by atoms with E-state index >= 15 is 0 Å². The van der Waals surface area contributed by atoms with Crippen LogP contribution in [0, 0.1) is 0 Å². The van der Waals surface area contributed by atoms with Crippen molar-refractivity contribution in [2.45, 2.75) is 6.61 Å². The Kier molecular flexibility index (Phi) is 5.34. The predicted octanol–water partition coefficient (Wildman–Crippen LogP) is 4.69. The lowest BCUT2D eigenvalue weighted by molar-refractivity contribution is 0.306. The molecule has 3 aromatic carbocycles. The molecule has 0 aliphatic carbocycles. The second-order valence-electron chi connectivity index (χ2n) is 7.62. The number of anilines is 1. The highest BCUT2D eigenvalue weighted by Crippen LogP contribution is 2.31. The minimum Gasteiger partial charge on any atom is -0.486 e. The first kappa shape index (κ1) is 19.0. The zero-order chi connectivity index (χ0) is 20.3. The molecule has 0 spiro atoms. The van der Waals surface area contributed by atoms with Crippen LogP contribution in [0.4, 0.5) is 5.69 Å². The van der Waals surface area contributed by atoms with Crippen LogP contribution in [0.3, 0.4) is 0 Å². The number of rotatable bonds is 5. The highest BCUT2D eigenvalue weighted by molar-refractivity contribution is 7.05.